The van der Waals surface area contributed by atoms with Gasteiger partial charge < -0.3 is 4.42 Å². The van der Waals surface area contributed by atoms with Crippen molar-refractivity contribution in [2.45, 2.75) is 20.3 Å². The lowest BCUT2D eigenvalue weighted by molar-refractivity contribution is 0.101. The normalized spacial score (nSPS) is 11.5. The van der Waals surface area contributed by atoms with Crippen molar-refractivity contribution >= 4 is 15.9 Å². The molecular weight excluding hydrogens is 378 g/mol. The molecule has 0 atom stereocenters. The number of ketones is 1. The fraction of sp³-hybridized carbons (Fsp3) is 0.238. The largest absolute Gasteiger partial charge is 0.441 e. The molecule has 0 fully saturated rings. The zero-order valence-corrected chi connectivity index (χ0v) is 16.7. The van der Waals surface area contributed by atoms with Crippen LogP contribution in [0.4, 0.5) is 0 Å². The maximum absolute atomic E-state index is 11.6. The Bertz CT molecular complexity index is 1100. The summed E-state index contributed by atoms with van der Waals surface area (Å²) in [7, 11) is -3.47. The minimum atomic E-state index is -3.47. The van der Waals surface area contributed by atoms with Gasteiger partial charge in [0.1, 0.15) is 5.76 Å². The van der Waals surface area contributed by atoms with Crippen LogP contribution in [0.1, 0.15) is 28.7 Å². The number of carbonyl (C=O) groups is 1. The van der Waals surface area contributed by atoms with E-state index in [4.69, 9.17) is 8.60 Å². The van der Waals surface area contributed by atoms with Crippen LogP contribution in [0.3, 0.4) is 0 Å². The number of hydrogen-bond acceptors (Lipinski definition) is 6. The van der Waals surface area contributed by atoms with Crippen molar-refractivity contribution in [3.8, 4) is 22.6 Å². The van der Waals surface area contributed by atoms with Crippen molar-refractivity contribution in [3.05, 3.63) is 65.5 Å². The van der Waals surface area contributed by atoms with E-state index < -0.39 is 10.1 Å². The van der Waals surface area contributed by atoms with Gasteiger partial charge in [-0.2, -0.15) is 8.42 Å². The Morgan fingerprint density at radius 2 is 1.75 bits per heavy atom. The smallest absolute Gasteiger partial charge is 0.264 e. The number of aryl methyl sites for hydroxylation is 1. The molecule has 0 aliphatic carbocycles. The molecule has 0 unspecified atom stereocenters. The predicted octanol–water partition coefficient (Wildman–Crippen LogP) is 4.04. The summed E-state index contributed by atoms with van der Waals surface area (Å²) in [4.78, 5) is 16.0. The van der Waals surface area contributed by atoms with Gasteiger partial charge in [-0.1, -0.05) is 30.3 Å². The van der Waals surface area contributed by atoms with E-state index in [1.807, 2.05) is 42.5 Å². The summed E-state index contributed by atoms with van der Waals surface area (Å²) < 4.78 is 32.6. The third kappa shape index (κ3) is 4.94. The number of rotatable bonds is 7. The van der Waals surface area contributed by atoms with E-state index in [-0.39, 0.29) is 12.4 Å². The van der Waals surface area contributed by atoms with Crippen molar-refractivity contribution < 1.29 is 21.8 Å². The first-order valence-electron chi connectivity index (χ1n) is 8.75. The van der Waals surface area contributed by atoms with Gasteiger partial charge in [-0.3, -0.25) is 8.98 Å². The number of aromatic nitrogens is 1. The first kappa shape index (κ1) is 20.0. The highest BCUT2D eigenvalue weighted by molar-refractivity contribution is 7.85. The van der Waals surface area contributed by atoms with E-state index in [1.54, 1.807) is 19.9 Å². The lowest BCUT2D eigenvalue weighted by Gasteiger charge is -2.04. The average Bonchev–Trinajstić information content (AvgIpc) is 3.02. The van der Waals surface area contributed by atoms with Crippen molar-refractivity contribution in [3.63, 3.8) is 0 Å². The molecule has 0 N–H and O–H groups in total. The monoisotopic (exact) mass is 399 g/mol. The number of hydrogen-bond donors (Lipinski definition) is 0. The van der Waals surface area contributed by atoms with E-state index in [0.717, 1.165) is 22.9 Å². The van der Waals surface area contributed by atoms with Crippen LogP contribution in [-0.4, -0.2) is 32.0 Å². The number of Topliss-reactive ketones (excluding diaryl/α,β-unsaturated/α-hetero) is 1. The molecule has 0 aliphatic rings. The van der Waals surface area contributed by atoms with Crippen molar-refractivity contribution in [1.29, 1.82) is 0 Å². The first-order valence-corrected chi connectivity index (χ1v) is 10.6. The predicted molar refractivity (Wildman–Crippen MR) is 107 cm³/mol. The molecule has 1 aromatic heterocycles. The second-order valence-corrected chi connectivity index (χ2v) is 8.16. The van der Waals surface area contributed by atoms with Crippen LogP contribution in [0.15, 0.2) is 52.9 Å². The molecule has 0 saturated heterocycles. The van der Waals surface area contributed by atoms with Gasteiger partial charge in [0.2, 0.25) is 5.89 Å². The van der Waals surface area contributed by atoms with Crippen LogP contribution in [0.25, 0.3) is 22.6 Å². The fourth-order valence-electron chi connectivity index (χ4n) is 2.80. The molecule has 28 heavy (non-hydrogen) atoms. The third-order valence-electron chi connectivity index (χ3n) is 4.26. The zero-order valence-electron chi connectivity index (χ0n) is 15.9. The molecule has 2 aromatic carbocycles. The van der Waals surface area contributed by atoms with Gasteiger partial charge in [0.15, 0.2) is 5.78 Å². The second-order valence-electron chi connectivity index (χ2n) is 6.51. The van der Waals surface area contributed by atoms with Crippen LogP contribution >= 0.6 is 0 Å². The molecule has 146 valence electrons. The van der Waals surface area contributed by atoms with Crippen LogP contribution in [0, 0.1) is 6.92 Å². The third-order valence-corrected chi connectivity index (χ3v) is 4.86. The Hall–Kier alpha value is -2.77. The van der Waals surface area contributed by atoms with Crippen LogP contribution in [-0.2, 0) is 20.7 Å². The number of oxazole rings is 1. The van der Waals surface area contributed by atoms with Gasteiger partial charge >= 0.3 is 0 Å². The molecule has 6 nitrogen and oxygen atoms in total. The van der Waals surface area contributed by atoms with E-state index in [0.29, 0.717) is 29.3 Å². The van der Waals surface area contributed by atoms with E-state index >= 15 is 0 Å². The Morgan fingerprint density at radius 3 is 2.39 bits per heavy atom. The van der Waals surface area contributed by atoms with Crippen molar-refractivity contribution in [2.75, 3.05) is 12.9 Å². The summed E-state index contributed by atoms with van der Waals surface area (Å²) in [6, 6.07) is 15.2. The Morgan fingerprint density at radius 1 is 1.07 bits per heavy atom. The Kier molecular flexibility index (Phi) is 5.76. The number of carbonyl (C=O) groups excluding carboxylic acids is 1. The van der Waals surface area contributed by atoms with E-state index in [2.05, 4.69) is 4.98 Å². The zero-order chi connectivity index (χ0) is 20.3. The summed E-state index contributed by atoms with van der Waals surface area (Å²) in [6.07, 6.45) is 1.36. The van der Waals surface area contributed by atoms with Gasteiger partial charge in [-0.25, -0.2) is 4.98 Å². The summed E-state index contributed by atoms with van der Waals surface area (Å²) in [5.74, 6) is 1.13. The Labute approximate surface area is 164 Å². The molecule has 0 amide bonds. The maximum atomic E-state index is 11.6. The molecule has 0 bridgehead atoms. The number of benzene rings is 2. The van der Waals surface area contributed by atoms with E-state index in [1.165, 1.54) is 0 Å². The van der Waals surface area contributed by atoms with Crippen LogP contribution in [0.5, 0.6) is 0 Å². The molecule has 3 aromatic rings. The number of nitrogens with zero attached hydrogens (tertiary/aromatic N) is 1. The lowest BCUT2D eigenvalue weighted by atomic mass is 10.0. The quantitative estimate of drug-likeness (QED) is 0.440. The fourth-order valence-corrected chi connectivity index (χ4v) is 3.18. The molecule has 0 saturated carbocycles. The topological polar surface area (TPSA) is 86.5 Å². The molecule has 1 heterocycles. The maximum Gasteiger partial charge on any atom is 0.264 e. The molecular formula is C21H21NO5S. The summed E-state index contributed by atoms with van der Waals surface area (Å²) >= 11 is 0. The highest BCUT2D eigenvalue weighted by Crippen LogP contribution is 2.26. The minimum Gasteiger partial charge on any atom is -0.441 e. The Balaban J connectivity index is 1.78. The van der Waals surface area contributed by atoms with Crippen molar-refractivity contribution in [1.82, 2.24) is 4.98 Å². The lowest BCUT2D eigenvalue weighted by Crippen LogP contribution is -2.06. The van der Waals surface area contributed by atoms with Gasteiger partial charge in [0.25, 0.3) is 10.1 Å². The minimum absolute atomic E-state index is 0.0249. The average molecular weight is 399 g/mol. The van der Waals surface area contributed by atoms with Gasteiger partial charge in [0.05, 0.1) is 18.6 Å². The molecule has 0 spiro atoms. The molecule has 3 rings (SSSR count). The first-order chi connectivity index (χ1) is 13.2. The van der Waals surface area contributed by atoms with Gasteiger partial charge in [-0.15, -0.1) is 0 Å². The molecule has 0 aliphatic heterocycles. The van der Waals surface area contributed by atoms with Crippen molar-refractivity contribution in [2.24, 2.45) is 0 Å². The summed E-state index contributed by atoms with van der Waals surface area (Å²) in [5.41, 5.74) is 4.09. The summed E-state index contributed by atoms with van der Waals surface area (Å²) in [5, 5.41) is 0. The van der Waals surface area contributed by atoms with Gasteiger partial charge in [0, 0.05) is 17.5 Å². The SMILES string of the molecule is CC(=O)c1cccc(-c2ccc(-c3nc(CCOS(C)(=O)=O)c(C)o3)cc2)c1. The van der Waals surface area contributed by atoms with E-state index in [9.17, 15) is 13.2 Å². The van der Waals surface area contributed by atoms with Crippen LogP contribution < -0.4 is 0 Å². The highest BCUT2D eigenvalue weighted by atomic mass is 32.2. The summed E-state index contributed by atoms with van der Waals surface area (Å²) in [6.45, 7) is 3.36. The van der Waals surface area contributed by atoms with Crippen LogP contribution in [0.2, 0.25) is 0 Å². The second kappa shape index (κ2) is 8.08. The molecule has 0 radical (unpaired) electrons. The van der Waals surface area contributed by atoms with Gasteiger partial charge in [-0.05, 0) is 43.2 Å². The standard InChI is InChI=1S/C21H21NO5S/c1-14(23)18-5-4-6-19(13-18)16-7-9-17(10-8-16)21-22-20(15(2)27-21)11-12-26-28(3,24)25/h4-10,13H,11-12H2,1-3H3. The highest BCUT2D eigenvalue weighted by Gasteiger charge is 2.13. The molecule has 7 heteroatoms.